The highest BCUT2D eigenvalue weighted by Crippen LogP contribution is 2.36. The Morgan fingerprint density at radius 3 is 2.44 bits per heavy atom. The van der Waals surface area contributed by atoms with Gasteiger partial charge in [-0.3, -0.25) is 4.79 Å². The third kappa shape index (κ3) is 6.40. The molecule has 6 heteroatoms. The Labute approximate surface area is 189 Å². The van der Waals surface area contributed by atoms with Crippen LogP contribution in [0.2, 0.25) is 0 Å². The molecule has 1 heterocycles. The van der Waals surface area contributed by atoms with E-state index in [-0.39, 0.29) is 24.7 Å². The first-order valence-corrected chi connectivity index (χ1v) is 10.9. The number of aromatic nitrogens is 1. The van der Waals surface area contributed by atoms with Crippen molar-refractivity contribution in [2.75, 3.05) is 7.11 Å². The molecule has 5 nitrogen and oxygen atoms in total. The van der Waals surface area contributed by atoms with Gasteiger partial charge in [-0.1, -0.05) is 30.4 Å². The maximum atomic E-state index is 13.6. The summed E-state index contributed by atoms with van der Waals surface area (Å²) in [5.74, 6) is -0.818. The molecule has 0 amide bonds. The number of aliphatic hydroxyl groups excluding tert-OH is 2. The van der Waals surface area contributed by atoms with E-state index in [4.69, 9.17) is 0 Å². The van der Waals surface area contributed by atoms with Crippen LogP contribution in [0.1, 0.15) is 56.6 Å². The maximum Gasteiger partial charge on any atom is 0.308 e. The molecule has 174 valence electrons. The number of hydrogen-bond acceptors (Lipinski definition) is 4. The summed E-state index contributed by atoms with van der Waals surface area (Å²) in [6.07, 6.45) is 6.25. The van der Waals surface area contributed by atoms with E-state index in [0.29, 0.717) is 0 Å². The molecule has 0 spiro atoms. The van der Waals surface area contributed by atoms with Crippen molar-refractivity contribution in [1.29, 1.82) is 0 Å². The number of halogens is 1. The third-order valence-electron chi connectivity index (χ3n) is 5.43. The van der Waals surface area contributed by atoms with Crippen LogP contribution in [-0.2, 0) is 16.0 Å². The van der Waals surface area contributed by atoms with E-state index in [1.54, 1.807) is 18.2 Å². The maximum absolute atomic E-state index is 13.6. The van der Waals surface area contributed by atoms with Crippen molar-refractivity contribution in [2.24, 2.45) is 0 Å². The van der Waals surface area contributed by atoms with Crippen molar-refractivity contribution in [1.82, 2.24) is 4.57 Å². The Morgan fingerprint density at radius 2 is 1.88 bits per heavy atom. The number of ether oxygens (including phenoxy) is 1. The van der Waals surface area contributed by atoms with E-state index < -0.39 is 18.2 Å². The minimum absolute atomic E-state index is 0.0181. The van der Waals surface area contributed by atoms with Crippen LogP contribution >= 0.6 is 0 Å². The average molecular weight is 444 g/mol. The molecule has 1 aromatic heterocycles. The molecule has 2 rings (SSSR count). The second-order valence-electron chi connectivity index (χ2n) is 8.17. The summed E-state index contributed by atoms with van der Waals surface area (Å²) in [4.78, 5) is 11.3. The van der Waals surface area contributed by atoms with Gasteiger partial charge in [-0.15, -0.1) is 0 Å². The van der Waals surface area contributed by atoms with Crippen LogP contribution in [0.15, 0.2) is 42.5 Å². The number of allylic oxidation sites excluding steroid dienone is 2. The van der Waals surface area contributed by atoms with Crippen molar-refractivity contribution in [3.05, 3.63) is 65.3 Å². The van der Waals surface area contributed by atoms with Crippen LogP contribution in [-0.4, -0.2) is 40.1 Å². The Balaban J connectivity index is 2.49. The number of hydrogen-bond donors (Lipinski definition) is 2. The second kappa shape index (κ2) is 11.8. The van der Waals surface area contributed by atoms with E-state index in [0.717, 1.165) is 34.5 Å². The molecule has 1 aromatic carbocycles. The number of carbonyl (C=O) groups is 1. The monoisotopic (exact) mass is 443 g/mol. The average Bonchev–Trinajstić information content (AvgIpc) is 3.02. The van der Waals surface area contributed by atoms with Gasteiger partial charge >= 0.3 is 5.97 Å². The normalized spacial score (nSPS) is 13.9. The summed E-state index contributed by atoms with van der Waals surface area (Å²) in [5.41, 5.74) is 5.03. The quantitative estimate of drug-likeness (QED) is 0.401. The predicted octanol–water partition coefficient (Wildman–Crippen LogP) is 4.99. The molecule has 0 fully saturated rings. The highest BCUT2D eigenvalue weighted by Gasteiger charge is 2.21. The highest BCUT2D eigenvalue weighted by atomic mass is 19.1. The molecule has 0 aliphatic carbocycles. The molecule has 32 heavy (non-hydrogen) atoms. The zero-order valence-corrected chi connectivity index (χ0v) is 19.5. The van der Waals surface area contributed by atoms with Crippen molar-refractivity contribution in [2.45, 2.75) is 65.2 Å². The topological polar surface area (TPSA) is 71.7 Å². The van der Waals surface area contributed by atoms with E-state index in [2.05, 4.69) is 36.2 Å². The number of aliphatic hydroxyl groups is 2. The minimum Gasteiger partial charge on any atom is -0.469 e. The molecule has 0 aliphatic heterocycles. The van der Waals surface area contributed by atoms with Crippen LogP contribution in [0.5, 0.6) is 0 Å². The molecule has 0 saturated carbocycles. The van der Waals surface area contributed by atoms with Crippen molar-refractivity contribution in [3.8, 4) is 11.1 Å². The molecule has 0 aliphatic rings. The number of esters is 1. The minimum atomic E-state index is -0.998. The number of carbonyl (C=O) groups excluding carboxylic acids is 1. The third-order valence-corrected chi connectivity index (χ3v) is 5.43. The molecule has 2 N–H and O–H groups in total. The molecular formula is C26H34FNO4. The number of benzene rings is 1. The Hall–Kier alpha value is -2.70. The van der Waals surface area contributed by atoms with Crippen LogP contribution in [0.25, 0.3) is 17.2 Å². The lowest BCUT2D eigenvalue weighted by Gasteiger charge is -2.17. The summed E-state index contributed by atoms with van der Waals surface area (Å²) >= 11 is 0. The Morgan fingerprint density at radius 1 is 1.22 bits per heavy atom. The van der Waals surface area contributed by atoms with Crippen LogP contribution < -0.4 is 0 Å². The van der Waals surface area contributed by atoms with E-state index in [9.17, 15) is 19.4 Å². The predicted molar refractivity (Wildman–Crippen MR) is 126 cm³/mol. The van der Waals surface area contributed by atoms with Gasteiger partial charge in [0, 0.05) is 35.8 Å². The smallest absolute Gasteiger partial charge is 0.308 e. The van der Waals surface area contributed by atoms with Gasteiger partial charge in [0.15, 0.2) is 0 Å². The van der Waals surface area contributed by atoms with E-state index in [1.165, 1.54) is 19.2 Å². The van der Waals surface area contributed by atoms with Gasteiger partial charge in [-0.25, -0.2) is 4.39 Å². The van der Waals surface area contributed by atoms with Gasteiger partial charge in [0.1, 0.15) is 5.82 Å². The van der Waals surface area contributed by atoms with Crippen LogP contribution in [0.4, 0.5) is 4.39 Å². The zero-order chi connectivity index (χ0) is 23.8. The summed E-state index contributed by atoms with van der Waals surface area (Å²) in [7, 11) is 1.26. The van der Waals surface area contributed by atoms with Gasteiger partial charge in [0.2, 0.25) is 0 Å². The summed E-state index contributed by atoms with van der Waals surface area (Å²) < 4.78 is 20.3. The van der Waals surface area contributed by atoms with Crippen molar-refractivity contribution < 1.29 is 24.1 Å². The fourth-order valence-corrected chi connectivity index (χ4v) is 3.92. The molecule has 0 bridgehead atoms. The van der Waals surface area contributed by atoms with Gasteiger partial charge in [0.05, 0.1) is 25.7 Å². The lowest BCUT2D eigenvalue weighted by atomic mass is 9.99. The van der Waals surface area contributed by atoms with Crippen molar-refractivity contribution >= 4 is 12.0 Å². The zero-order valence-electron chi connectivity index (χ0n) is 19.5. The number of nitrogens with zero attached hydrogens (tertiary/aromatic N) is 1. The molecule has 0 radical (unpaired) electrons. The first-order chi connectivity index (χ1) is 15.2. The largest absolute Gasteiger partial charge is 0.469 e. The fraction of sp³-hybridized carbons (Fsp3) is 0.423. The highest BCUT2D eigenvalue weighted by molar-refractivity contribution is 5.78. The van der Waals surface area contributed by atoms with Gasteiger partial charge in [-0.2, -0.15) is 0 Å². The first kappa shape index (κ1) is 25.6. The molecule has 2 aromatic rings. The van der Waals surface area contributed by atoms with E-state index >= 15 is 0 Å². The first-order valence-electron chi connectivity index (χ1n) is 10.9. The van der Waals surface area contributed by atoms with Gasteiger partial charge < -0.3 is 19.5 Å². The SMILES string of the molecule is C/C=C\Cc1c(C)c(-c2ccc(F)cc2)c(/C=C/C(O)CC(O)CC(=O)OC)n1C(C)C. The molecule has 2 unspecified atom stereocenters. The lowest BCUT2D eigenvalue weighted by Crippen LogP contribution is -2.20. The number of rotatable bonds is 10. The van der Waals surface area contributed by atoms with E-state index in [1.807, 2.05) is 19.1 Å². The Kier molecular flexibility index (Phi) is 9.42. The summed E-state index contributed by atoms with van der Waals surface area (Å²) in [5, 5.41) is 20.5. The van der Waals surface area contributed by atoms with Crippen LogP contribution in [0, 0.1) is 12.7 Å². The summed E-state index contributed by atoms with van der Waals surface area (Å²) in [6, 6.07) is 6.56. The fourth-order valence-electron chi connectivity index (χ4n) is 3.92. The number of methoxy groups -OCH3 is 1. The Bertz CT molecular complexity index is 957. The van der Waals surface area contributed by atoms with Gasteiger partial charge in [-0.05, 0) is 57.0 Å². The van der Waals surface area contributed by atoms with Crippen molar-refractivity contribution in [3.63, 3.8) is 0 Å². The summed E-state index contributed by atoms with van der Waals surface area (Å²) in [6.45, 7) is 8.24. The lowest BCUT2D eigenvalue weighted by molar-refractivity contribution is -0.143. The van der Waals surface area contributed by atoms with Gasteiger partial charge in [0.25, 0.3) is 0 Å². The second-order valence-corrected chi connectivity index (χ2v) is 8.17. The molecular weight excluding hydrogens is 409 g/mol. The molecule has 0 saturated heterocycles. The standard InChI is InChI=1S/C26H34FNO4/c1-6-7-8-23-18(4)26(19-9-11-20(27)12-10-19)24(28(23)17(2)3)14-13-21(29)15-22(30)16-25(31)32-5/h6-7,9-14,17,21-22,29-30H,8,15-16H2,1-5H3/b7-6-,14-13+. The van der Waals surface area contributed by atoms with Crippen LogP contribution in [0.3, 0.4) is 0 Å². The molecule has 2 atom stereocenters.